The third-order valence-electron chi connectivity index (χ3n) is 3.20. The van der Waals surface area contributed by atoms with Crippen molar-refractivity contribution in [3.05, 3.63) is 41.7 Å². The lowest BCUT2D eigenvalue weighted by molar-refractivity contribution is 0.0560. The van der Waals surface area contributed by atoms with E-state index in [2.05, 4.69) is 30.5 Å². The Morgan fingerprint density at radius 1 is 1.56 bits per heavy atom. The van der Waals surface area contributed by atoms with Gasteiger partial charge in [0.15, 0.2) is 0 Å². The highest BCUT2D eigenvalue weighted by molar-refractivity contribution is 5.26. The zero-order valence-electron chi connectivity index (χ0n) is 9.48. The molecule has 1 heterocycles. The van der Waals surface area contributed by atoms with Gasteiger partial charge in [-0.3, -0.25) is 0 Å². The molecule has 16 heavy (non-hydrogen) atoms. The Morgan fingerprint density at radius 2 is 2.44 bits per heavy atom. The first kappa shape index (κ1) is 11.4. The number of aliphatic hydroxyl groups is 1. The lowest BCUT2D eigenvalue weighted by Crippen LogP contribution is -2.15. The van der Waals surface area contributed by atoms with Gasteiger partial charge in [-0.1, -0.05) is 24.8 Å². The average Bonchev–Trinajstić information content (AvgIpc) is 2.74. The second-order valence-corrected chi connectivity index (χ2v) is 4.24. The second kappa shape index (κ2) is 5.31. The van der Waals surface area contributed by atoms with E-state index in [4.69, 9.17) is 9.84 Å². The minimum atomic E-state index is 0.0132. The molecule has 0 saturated carbocycles. The third kappa shape index (κ3) is 2.35. The summed E-state index contributed by atoms with van der Waals surface area (Å²) in [6.07, 6.45) is 10.3. The molecule has 0 aromatic heterocycles. The minimum absolute atomic E-state index is 0.0132. The zero-order valence-corrected chi connectivity index (χ0v) is 9.48. The molecule has 2 heteroatoms. The molecule has 0 bridgehead atoms. The molecule has 1 aliphatic carbocycles. The van der Waals surface area contributed by atoms with Gasteiger partial charge in [-0.2, -0.15) is 0 Å². The van der Waals surface area contributed by atoms with E-state index in [0.29, 0.717) is 6.42 Å². The lowest BCUT2D eigenvalue weighted by Gasteiger charge is -2.17. The molecule has 86 valence electrons. The van der Waals surface area contributed by atoms with Crippen LogP contribution in [0.3, 0.4) is 0 Å². The van der Waals surface area contributed by atoms with E-state index in [0.717, 1.165) is 24.8 Å². The molecule has 0 radical (unpaired) electrons. The summed E-state index contributed by atoms with van der Waals surface area (Å²) in [5.41, 5.74) is 5.42. The van der Waals surface area contributed by atoms with Gasteiger partial charge in [-0.25, -0.2) is 0 Å². The van der Waals surface area contributed by atoms with E-state index >= 15 is 0 Å². The summed E-state index contributed by atoms with van der Waals surface area (Å²) in [6, 6.07) is 0. The first-order valence-corrected chi connectivity index (χ1v) is 5.86. The molecule has 2 unspecified atom stereocenters. The lowest BCUT2D eigenvalue weighted by atomic mass is 9.96. The van der Waals surface area contributed by atoms with Crippen LogP contribution in [0.4, 0.5) is 0 Å². The Labute approximate surface area is 96.6 Å². The molecular formula is C14H18O2. The monoisotopic (exact) mass is 218 g/mol. The van der Waals surface area contributed by atoms with E-state index in [1.165, 1.54) is 5.57 Å². The highest BCUT2D eigenvalue weighted by atomic mass is 16.5. The van der Waals surface area contributed by atoms with Gasteiger partial charge >= 0.3 is 0 Å². The topological polar surface area (TPSA) is 29.5 Å². The van der Waals surface area contributed by atoms with Crippen molar-refractivity contribution in [2.75, 3.05) is 6.61 Å². The largest absolute Gasteiger partial charge is 0.396 e. The first-order chi connectivity index (χ1) is 7.85. The predicted molar refractivity (Wildman–Crippen MR) is 64.1 cm³/mol. The third-order valence-corrected chi connectivity index (χ3v) is 3.20. The van der Waals surface area contributed by atoms with Gasteiger partial charge in [0, 0.05) is 25.0 Å². The number of hydrogen-bond donors (Lipinski definition) is 1. The average molecular weight is 218 g/mol. The van der Waals surface area contributed by atoms with Crippen LogP contribution in [0.1, 0.15) is 25.7 Å². The molecule has 1 N–H and O–H groups in total. The molecule has 0 spiro atoms. The van der Waals surface area contributed by atoms with Gasteiger partial charge in [-0.15, -0.1) is 5.73 Å². The minimum Gasteiger partial charge on any atom is -0.396 e. The number of aliphatic hydroxyl groups excluding tert-OH is 1. The van der Waals surface area contributed by atoms with Gasteiger partial charge in [0.05, 0.1) is 12.2 Å². The van der Waals surface area contributed by atoms with Gasteiger partial charge in [0.2, 0.25) is 0 Å². The highest BCUT2D eigenvalue weighted by Crippen LogP contribution is 2.33. The molecule has 2 nitrogen and oxygen atoms in total. The maximum Gasteiger partial charge on any atom is 0.0889 e. The molecular weight excluding hydrogens is 200 g/mol. The smallest absolute Gasteiger partial charge is 0.0889 e. The van der Waals surface area contributed by atoms with Crippen LogP contribution < -0.4 is 0 Å². The Kier molecular flexibility index (Phi) is 3.79. The van der Waals surface area contributed by atoms with Gasteiger partial charge in [0.25, 0.3) is 0 Å². The maximum atomic E-state index is 8.97. The van der Waals surface area contributed by atoms with E-state index in [-0.39, 0.29) is 18.8 Å². The summed E-state index contributed by atoms with van der Waals surface area (Å²) in [7, 11) is 0. The van der Waals surface area contributed by atoms with Crippen LogP contribution in [0.5, 0.6) is 0 Å². The van der Waals surface area contributed by atoms with Crippen molar-refractivity contribution in [2.24, 2.45) is 0 Å². The molecule has 0 aromatic carbocycles. The Bertz CT molecular complexity index is 359. The Balaban J connectivity index is 2.07. The van der Waals surface area contributed by atoms with Crippen molar-refractivity contribution < 1.29 is 9.84 Å². The molecule has 1 fully saturated rings. The van der Waals surface area contributed by atoms with Crippen molar-refractivity contribution in [2.45, 2.75) is 37.9 Å². The van der Waals surface area contributed by atoms with Crippen LogP contribution in [0, 0.1) is 0 Å². The molecule has 0 amide bonds. The van der Waals surface area contributed by atoms with E-state index < -0.39 is 0 Å². The predicted octanol–water partition coefficient (Wildman–Crippen LogP) is 2.51. The standard InChI is InChI=1S/C14H18O2/c1-2-11-10-14(16-13(11)8-9-15)12-6-4-3-5-7-12/h3-4,6,13-15H,1,5,7-10H2. The highest BCUT2D eigenvalue weighted by Gasteiger charge is 2.31. The SMILES string of the molecule is C=C=C1CC(C2=CC=CCC2)OC1CCO. The number of rotatable bonds is 3. The number of ether oxygens (including phenoxy) is 1. The number of hydrogen-bond acceptors (Lipinski definition) is 2. The van der Waals surface area contributed by atoms with Crippen LogP contribution in [-0.2, 0) is 4.74 Å². The Hall–Kier alpha value is -1.08. The summed E-state index contributed by atoms with van der Waals surface area (Å²) in [4.78, 5) is 0. The van der Waals surface area contributed by atoms with Crippen LogP contribution in [0.2, 0.25) is 0 Å². The van der Waals surface area contributed by atoms with Gasteiger partial charge < -0.3 is 9.84 Å². The van der Waals surface area contributed by atoms with Crippen molar-refractivity contribution >= 4 is 0 Å². The maximum absolute atomic E-state index is 8.97. The summed E-state index contributed by atoms with van der Waals surface area (Å²) < 4.78 is 5.94. The van der Waals surface area contributed by atoms with Crippen LogP contribution in [-0.4, -0.2) is 23.9 Å². The van der Waals surface area contributed by atoms with E-state index in [9.17, 15) is 0 Å². The quantitative estimate of drug-likeness (QED) is 0.737. The fourth-order valence-corrected chi connectivity index (χ4v) is 2.31. The van der Waals surface area contributed by atoms with Crippen LogP contribution in [0.15, 0.2) is 41.7 Å². The van der Waals surface area contributed by atoms with Crippen molar-refractivity contribution in [3.8, 4) is 0 Å². The fourth-order valence-electron chi connectivity index (χ4n) is 2.31. The van der Waals surface area contributed by atoms with Crippen LogP contribution >= 0.6 is 0 Å². The van der Waals surface area contributed by atoms with E-state index in [1.54, 1.807) is 0 Å². The normalized spacial score (nSPS) is 29.1. The second-order valence-electron chi connectivity index (χ2n) is 4.24. The number of allylic oxidation sites excluding steroid dienone is 3. The molecule has 2 aliphatic rings. The molecule has 1 aliphatic heterocycles. The molecule has 2 atom stereocenters. The summed E-state index contributed by atoms with van der Waals surface area (Å²) >= 11 is 0. The zero-order chi connectivity index (χ0) is 11.4. The van der Waals surface area contributed by atoms with E-state index in [1.807, 2.05) is 0 Å². The molecule has 1 saturated heterocycles. The van der Waals surface area contributed by atoms with Crippen molar-refractivity contribution in [1.82, 2.24) is 0 Å². The summed E-state index contributed by atoms with van der Waals surface area (Å²) in [5.74, 6) is 0. The summed E-state index contributed by atoms with van der Waals surface area (Å²) in [5, 5.41) is 8.97. The van der Waals surface area contributed by atoms with Crippen molar-refractivity contribution in [1.29, 1.82) is 0 Å². The summed E-state index contributed by atoms with van der Waals surface area (Å²) in [6.45, 7) is 3.85. The molecule has 0 aromatic rings. The fraction of sp³-hybridized carbons (Fsp3) is 0.500. The van der Waals surface area contributed by atoms with Crippen molar-refractivity contribution in [3.63, 3.8) is 0 Å². The Morgan fingerprint density at radius 3 is 3.06 bits per heavy atom. The molecule has 2 rings (SSSR count). The van der Waals surface area contributed by atoms with Gasteiger partial charge in [-0.05, 0) is 18.4 Å². The first-order valence-electron chi connectivity index (χ1n) is 5.86. The van der Waals surface area contributed by atoms with Crippen LogP contribution in [0.25, 0.3) is 0 Å². The van der Waals surface area contributed by atoms with Gasteiger partial charge in [0.1, 0.15) is 0 Å².